The van der Waals surface area contributed by atoms with Crippen LogP contribution in [-0.2, 0) is 18.4 Å². The van der Waals surface area contributed by atoms with Crippen LogP contribution in [0.25, 0.3) is 0 Å². The van der Waals surface area contributed by atoms with Crippen LogP contribution in [0.2, 0.25) is 0 Å². The van der Waals surface area contributed by atoms with Crippen molar-refractivity contribution in [1.29, 1.82) is 0 Å². The number of likely N-dealkylation sites (N-methyl/N-ethyl adjacent to an activating group) is 1. The largest absolute Gasteiger partial charge is 0.472 e. The van der Waals surface area contributed by atoms with E-state index < -0.39 is 20.0 Å². The third-order valence-corrected chi connectivity index (χ3v) is 18.2. The number of carbonyl (C=O) groups is 1. The Morgan fingerprint density at radius 3 is 0.914 bits per heavy atom. The minimum absolute atomic E-state index is 0.0656. The van der Waals surface area contributed by atoms with Crippen molar-refractivity contribution in [2.24, 2.45) is 0 Å². The van der Waals surface area contributed by atoms with Gasteiger partial charge in [0.25, 0.3) is 0 Å². The van der Waals surface area contributed by atoms with Crippen LogP contribution < -0.4 is 5.32 Å². The van der Waals surface area contributed by atoms with Crippen LogP contribution >= 0.6 is 7.82 Å². The molecule has 0 radical (unpaired) electrons. The summed E-state index contributed by atoms with van der Waals surface area (Å²) in [7, 11) is 1.60. The molecule has 0 aliphatic rings. The van der Waals surface area contributed by atoms with Crippen molar-refractivity contribution in [2.75, 3.05) is 40.9 Å². The molecule has 0 aromatic heterocycles. The third kappa shape index (κ3) is 66.6. The first-order chi connectivity index (χ1) is 39.5. The summed E-state index contributed by atoms with van der Waals surface area (Å²) < 4.78 is 23.8. The molecule has 0 spiro atoms. The number of hydrogen-bond donors (Lipinski definition) is 3. The third-order valence-electron chi connectivity index (χ3n) is 17.3. The van der Waals surface area contributed by atoms with Gasteiger partial charge in [0.05, 0.1) is 39.9 Å². The number of nitrogens with zero attached hydrogens (tertiary/aromatic N) is 1. The second kappa shape index (κ2) is 63.7. The van der Waals surface area contributed by atoms with Crippen molar-refractivity contribution in [3.05, 3.63) is 12.2 Å². The van der Waals surface area contributed by atoms with E-state index in [1.807, 2.05) is 27.2 Å². The van der Waals surface area contributed by atoms with E-state index in [4.69, 9.17) is 9.05 Å². The standard InChI is InChI=1S/C72H145N2O6P/c1-6-8-10-12-14-16-18-20-22-24-26-28-30-32-34-35-36-37-38-39-40-42-44-46-48-50-52-54-56-58-60-62-64-66-72(76)73-70(69-80-81(77,78)79-68-67-74(3,4)5)71(75)65-63-61-59-57-55-53-51-49-47-45-43-41-33-31-29-27-25-23-21-19-17-15-13-11-9-7-2/h63,65,70-71,75H,6-62,64,66-69H2,1-5H3,(H-,73,76,77,78)/p+1/b65-63+. The van der Waals surface area contributed by atoms with E-state index in [1.54, 1.807) is 6.08 Å². The number of amides is 1. The number of nitrogens with one attached hydrogen (secondary N) is 1. The van der Waals surface area contributed by atoms with E-state index in [0.717, 1.165) is 32.1 Å². The quantitative estimate of drug-likeness (QED) is 0.0243. The Kier molecular flexibility index (Phi) is 63.1. The SMILES string of the molecule is CCCCCCCCCCCCCCCCCCCCCCCCCC/C=C/C(O)C(COP(=O)(O)OCC[N+](C)(C)C)NC(=O)CCCCCCCCCCCCCCCCCCCCCCCCCCCCCCCCCCC. The molecule has 3 N–H and O–H groups in total. The predicted octanol–water partition coefficient (Wildman–Crippen LogP) is 23.3. The van der Waals surface area contributed by atoms with Crippen LogP contribution in [0, 0.1) is 0 Å². The zero-order valence-corrected chi connectivity index (χ0v) is 56.5. The number of unbranched alkanes of at least 4 members (excludes halogenated alkanes) is 56. The normalized spacial score (nSPS) is 13.6. The summed E-state index contributed by atoms with van der Waals surface area (Å²) in [5.41, 5.74) is 0. The molecule has 0 rings (SSSR count). The summed E-state index contributed by atoms with van der Waals surface area (Å²) in [4.78, 5) is 23.4. The molecule has 0 heterocycles. The zero-order valence-electron chi connectivity index (χ0n) is 55.6. The summed E-state index contributed by atoms with van der Waals surface area (Å²) in [6.07, 6.45) is 82.3. The molecule has 1 amide bonds. The van der Waals surface area contributed by atoms with Gasteiger partial charge >= 0.3 is 7.82 Å². The lowest BCUT2D eigenvalue weighted by Gasteiger charge is -2.25. The monoisotopic (exact) mass is 1170 g/mol. The fraction of sp³-hybridized carbons (Fsp3) is 0.958. The molecule has 0 aromatic rings. The van der Waals surface area contributed by atoms with Crippen molar-refractivity contribution < 1.29 is 32.9 Å². The van der Waals surface area contributed by atoms with Crippen LogP contribution in [0.3, 0.4) is 0 Å². The molecule has 0 aliphatic carbocycles. The van der Waals surface area contributed by atoms with Crippen LogP contribution in [-0.4, -0.2) is 73.4 Å². The number of quaternary nitrogens is 1. The highest BCUT2D eigenvalue weighted by Crippen LogP contribution is 2.43. The molecular formula is C72H146N2O6P+. The van der Waals surface area contributed by atoms with Gasteiger partial charge in [-0.2, -0.15) is 0 Å². The van der Waals surface area contributed by atoms with Crippen LogP contribution in [0.1, 0.15) is 393 Å². The molecule has 0 saturated carbocycles. The molecule has 0 saturated heterocycles. The smallest absolute Gasteiger partial charge is 0.387 e. The summed E-state index contributed by atoms with van der Waals surface area (Å²) in [6, 6.07) is -0.844. The Morgan fingerprint density at radius 2 is 0.654 bits per heavy atom. The lowest BCUT2D eigenvalue weighted by Crippen LogP contribution is -2.45. The molecular weight excluding hydrogens is 1020 g/mol. The number of phosphoric ester groups is 1. The molecule has 0 aliphatic heterocycles. The Hall–Kier alpha value is -0.760. The van der Waals surface area contributed by atoms with Gasteiger partial charge in [0.15, 0.2) is 0 Å². The first kappa shape index (κ1) is 80.2. The van der Waals surface area contributed by atoms with Gasteiger partial charge in [-0.1, -0.05) is 379 Å². The van der Waals surface area contributed by atoms with Gasteiger partial charge in [-0.05, 0) is 19.3 Å². The molecule has 9 heteroatoms. The molecule has 3 atom stereocenters. The molecule has 0 bridgehead atoms. The summed E-state index contributed by atoms with van der Waals surface area (Å²) >= 11 is 0. The Balaban J connectivity index is 3.98. The maximum Gasteiger partial charge on any atom is 0.472 e. The lowest BCUT2D eigenvalue weighted by molar-refractivity contribution is -0.870. The second-order valence-electron chi connectivity index (χ2n) is 26.7. The number of hydrogen-bond acceptors (Lipinski definition) is 5. The molecule has 3 unspecified atom stereocenters. The van der Waals surface area contributed by atoms with E-state index in [0.29, 0.717) is 17.4 Å². The number of allylic oxidation sites excluding steroid dienone is 1. The van der Waals surface area contributed by atoms with Gasteiger partial charge in [0, 0.05) is 6.42 Å². The van der Waals surface area contributed by atoms with Gasteiger partial charge in [0.1, 0.15) is 13.2 Å². The van der Waals surface area contributed by atoms with Crippen molar-refractivity contribution in [3.63, 3.8) is 0 Å². The highest BCUT2D eigenvalue weighted by atomic mass is 31.2. The van der Waals surface area contributed by atoms with E-state index in [1.165, 1.54) is 340 Å². The van der Waals surface area contributed by atoms with E-state index in [9.17, 15) is 19.4 Å². The summed E-state index contributed by atoms with van der Waals surface area (Å²) in [5.74, 6) is -0.166. The number of rotatable bonds is 69. The second-order valence-corrected chi connectivity index (χ2v) is 28.1. The van der Waals surface area contributed by atoms with Gasteiger partial charge in [0.2, 0.25) is 5.91 Å². The Bertz CT molecular complexity index is 1320. The maximum absolute atomic E-state index is 13.1. The van der Waals surface area contributed by atoms with Crippen molar-refractivity contribution >= 4 is 13.7 Å². The predicted molar refractivity (Wildman–Crippen MR) is 355 cm³/mol. The molecule has 0 fully saturated rings. The first-order valence-electron chi connectivity index (χ1n) is 36.6. The lowest BCUT2D eigenvalue weighted by atomic mass is 10.0. The zero-order chi connectivity index (χ0) is 59.1. The maximum atomic E-state index is 13.1. The molecule has 81 heavy (non-hydrogen) atoms. The van der Waals surface area contributed by atoms with Gasteiger partial charge in [-0.3, -0.25) is 13.8 Å². The summed E-state index contributed by atoms with van der Waals surface area (Å²) in [5, 5.41) is 14.0. The van der Waals surface area contributed by atoms with Crippen molar-refractivity contribution in [1.82, 2.24) is 5.32 Å². The highest BCUT2D eigenvalue weighted by molar-refractivity contribution is 7.47. The fourth-order valence-corrected chi connectivity index (χ4v) is 12.3. The minimum Gasteiger partial charge on any atom is -0.387 e. The highest BCUT2D eigenvalue weighted by Gasteiger charge is 2.28. The van der Waals surface area contributed by atoms with E-state index in [2.05, 4.69) is 19.2 Å². The van der Waals surface area contributed by atoms with Gasteiger partial charge in [-0.25, -0.2) is 4.57 Å². The number of phosphoric acid groups is 1. The minimum atomic E-state index is -4.35. The topological polar surface area (TPSA) is 105 Å². The van der Waals surface area contributed by atoms with E-state index in [-0.39, 0.29) is 19.1 Å². The summed E-state index contributed by atoms with van der Waals surface area (Å²) in [6.45, 7) is 4.89. The van der Waals surface area contributed by atoms with Crippen LogP contribution in [0.5, 0.6) is 0 Å². The van der Waals surface area contributed by atoms with Crippen LogP contribution in [0.15, 0.2) is 12.2 Å². The van der Waals surface area contributed by atoms with Gasteiger partial charge < -0.3 is 19.8 Å². The Morgan fingerprint density at radius 1 is 0.407 bits per heavy atom. The van der Waals surface area contributed by atoms with Crippen molar-refractivity contribution in [2.45, 2.75) is 405 Å². The van der Waals surface area contributed by atoms with E-state index >= 15 is 0 Å². The first-order valence-corrected chi connectivity index (χ1v) is 38.1. The van der Waals surface area contributed by atoms with Crippen LogP contribution in [0.4, 0.5) is 0 Å². The molecule has 8 nitrogen and oxygen atoms in total. The average Bonchev–Trinajstić information content (AvgIpc) is 3.43. The molecule has 0 aromatic carbocycles. The average molecular weight is 1170 g/mol. The Labute approximate surface area is 507 Å². The fourth-order valence-electron chi connectivity index (χ4n) is 11.6. The number of aliphatic hydroxyl groups excluding tert-OH is 1. The molecule has 484 valence electrons. The number of aliphatic hydroxyl groups is 1. The van der Waals surface area contributed by atoms with Crippen molar-refractivity contribution in [3.8, 4) is 0 Å². The van der Waals surface area contributed by atoms with Gasteiger partial charge in [-0.15, -0.1) is 0 Å². The number of carbonyl (C=O) groups excluding carboxylic acids is 1.